The Balaban J connectivity index is 1.82. The van der Waals surface area contributed by atoms with Crippen molar-refractivity contribution in [3.63, 3.8) is 0 Å². The third-order valence-corrected chi connectivity index (χ3v) is 3.75. The molecule has 0 aliphatic heterocycles. The van der Waals surface area contributed by atoms with Crippen molar-refractivity contribution in [2.75, 3.05) is 0 Å². The summed E-state index contributed by atoms with van der Waals surface area (Å²) < 4.78 is 0. The predicted octanol–water partition coefficient (Wildman–Crippen LogP) is 3.77. The average Bonchev–Trinajstić information content (AvgIpc) is 2.33. The van der Waals surface area contributed by atoms with Crippen molar-refractivity contribution < 1.29 is 5.11 Å². The first-order valence-electron chi connectivity index (χ1n) is 5.37. The van der Waals surface area contributed by atoms with E-state index in [0.29, 0.717) is 5.75 Å². The summed E-state index contributed by atoms with van der Waals surface area (Å²) in [4.78, 5) is 0. The SMILES string of the molecule is Oc1ccc(CPCc2ccccc2)cc1. The van der Waals surface area contributed by atoms with Gasteiger partial charge < -0.3 is 5.11 Å². The molecule has 1 unspecified atom stereocenters. The van der Waals surface area contributed by atoms with E-state index in [4.69, 9.17) is 5.11 Å². The molecule has 82 valence electrons. The smallest absolute Gasteiger partial charge is 0.115 e. The van der Waals surface area contributed by atoms with Crippen LogP contribution in [0.4, 0.5) is 0 Å². The second-order valence-electron chi connectivity index (χ2n) is 3.76. The lowest BCUT2D eigenvalue weighted by molar-refractivity contribution is 0.475. The Labute approximate surface area is 97.9 Å². The highest BCUT2D eigenvalue weighted by Gasteiger charge is 1.95. The maximum Gasteiger partial charge on any atom is 0.115 e. The Morgan fingerprint density at radius 2 is 1.31 bits per heavy atom. The monoisotopic (exact) mass is 230 g/mol. The minimum absolute atomic E-state index is 0.343. The Morgan fingerprint density at radius 3 is 1.94 bits per heavy atom. The standard InChI is InChI=1S/C14H15OP/c15-14-8-6-13(7-9-14)11-16-10-12-4-2-1-3-5-12/h1-9,15-16H,10-11H2. The highest BCUT2D eigenvalue weighted by atomic mass is 31.1. The van der Waals surface area contributed by atoms with Gasteiger partial charge in [0.1, 0.15) is 5.75 Å². The Bertz CT molecular complexity index is 422. The molecule has 1 atom stereocenters. The van der Waals surface area contributed by atoms with E-state index >= 15 is 0 Å². The van der Waals surface area contributed by atoms with Crippen LogP contribution in [0, 0.1) is 0 Å². The van der Waals surface area contributed by atoms with Gasteiger partial charge in [0.15, 0.2) is 0 Å². The van der Waals surface area contributed by atoms with Crippen molar-refractivity contribution >= 4 is 8.58 Å². The van der Waals surface area contributed by atoms with Gasteiger partial charge in [0.2, 0.25) is 0 Å². The highest BCUT2D eigenvalue weighted by molar-refractivity contribution is 7.36. The van der Waals surface area contributed by atoms with E-state index < -0.39 is 0 Å². The van der Waals surface area contributed by atoms with Crippen LogP contribution in [-0.4, -0.2) is 5.11 Å². The quantitative estimate of drug-likeness (QED) is 0.793. The van der Waals surface area contributed by atoms with Crippen LogP contribution in [0.1, 0.15) is 11.1 Å². The number of aromatic hydroxyl groups is 1. The van der Waals surface area contributed by atoms with Crippen LogP contribution in [0.3, 0.4) is 0 Å². The van der Waals surface area contributed by atoms with Crippen molar-refractivity contribution in [2.45, 2.75) is 12.3 Å². The molecule has 0 bridgehead atoms. The normalized spacial score (nSPS) is 11.0. The van der Waals surface area contributed by atoms with Crippen molar-refractivity contribution in [3.05, 3.63) is 65.7 Å². The number of phenolic OH excluding ortho intramolecular Hbond substituents is 1. The van der Waals surface area contributed by atoms with Crippen LogP contribution in [0.5, 0.6) is 5.75 Å². The van der Waals surface area contributed by atoms with Crippen LogP contribution in [0.15, 0.2) is 54.6 Å². The molecule has 2 aromatic rings. The van der Waals surface area contributed by atoms with Crippen LogP contribution >= 0.6 is 8.58 Å². The van der Waals surface area contributed by atoms with Gasteiger partial charge in [-0.1, -0.05) is 42.5 Å². The molecule has 0 heterocycles. The van der Waals surface area contributed by atoms with Crippen LogP contribution in [-0.2, 0) is 12.3 Å². The lowest BCUT2D eigenvalue weighted by Gasteiger charge is -2.02. The molecule has 1 N–H and O–H groups in total. The Hall–Kier alpha value is -1.33. The molecule has 0 saturated heterocycles. The molecule has 0 amide bonds. The van der Waals surface area contributed by atoms with Gasteiger partial charge in [-0.3, -0.25) is 0 Å². The van der Waals surface area contributed by atoms with Gasteiger partial charge >= 0.3 is 0 Å². The molecular weight excluding hydrogens is 215 g/mol. The molecule has 0 radical (unpaired) electrons. The Morgan fingerprint density at radius 1 is 0.750 bits per heavy atom. The molecule has 16 heavy (non-hydrogen) atoms. The van der Waals surface area contributed by atoms with Crippen LogP contribution < -0.4 is 0 Å². The third-order valence-electron chi connectivity index (χ3n) is 2.44. The summed E-state index contributed by atoms with van der Waals surface area (Å²) in [7, 11) is 0.902. The fraction of sp³-hybridized carbons (Fsp3) is 0.143. The van der Waals surface area contributed by atoms with Gasteiger partial charge in [-0.25, -0.2) is 0 Å². The van der Waals surface area contributed by atoms with Gasteiger partial charge in [0.25, 0.3) is 0 Å². The van der Waals surface area contributed by atoms with Crippen molar-refractivity contribution in [3.8, 4) is 5.75 Å². The van der Waals surface area contributed by atoms with E-state index in [2.05, 4.69) is 24.3 Å². The summed E-state index contributed by atoms with van der Waals surface area (Å²) in [6.45, 7) is 0. The van der Waals surface area contributed by atoms with Crippen molar-refractivity contribution in [1.82, 2.24) is 0 Å². The zero-order valence-electron chi connectivity index (χ0n) is 9.06. The van der Waals surface area contributed by atoms with Crippen LogP contribution in [0.2, 0.25) is 0 Å². The van der Waals surface area contributed by atoms with Gasteiger partial charge in [-0.2, -0.15) is 0 Å². The maximum atomic E-state index is 9.16. The van der Waals surface area contributed by atoms with Gasteiger partial charge in [-0.15, -0.1) is 8.58 Å². The molecule has 0 fully saturated rings. The lowest BCUT2D eigenvalue weighted by Crippen LogP contribution is -1.80. The summed E-state index contributed by atoms with van der Waals surface area (Å²) in [5, 5.41) is 9.16. The van der Waals surface area contributed by atoms with E-state index in [0.717, 1.165) is 20.9 Å². The summed E-state index contributed by atoms with van der Waals surface area (Å²) >= 11 is 0. The summed E-state index contributed by atoms with van der Waals surface area (Å²) in [5.41, 5.74) is 2.70. The van der Waals surface area contributed by atoms with Gasteiger partial charge in [0, 0.05) is 0 Å². The largest absolute Gasteiger partial charge is 0.508 e. The molecule has 0 spiro atoms. The predicted molar refractivity (Wildman–Crippen MR) is 70.3 cm³/mol. The minimum atomic E-state index is 0.343. The maximum absolute atomic E-state index is 9.16. The van der Waals surface area contributed by atoms with E-state index in [1.165, 1.54) is 11.1 Å². The first-order valence-corrected chi connectivity index (χ1v) is 6.78. The van der Waals surface area contributed by atoms with Crippen LogP contribution in [0.25, 0.3) is 0 Å². The van der Waals surface area contributed by atoms with Crippen molar-refractivity contribution in [2.24, 2.45) is 0 Å². The van der Waals surface area contributed by atoms with Gasteiger partial charge in [-0.05, 0) is 35.6 Å². The molecule has 0 aromatic heterocycles. The fourth-order valence-electron chi connectivity index (χ4n) is 1.56. The second-order valence-corrected chi connectivity index (χ2v) is 4.96. The summed E-state index contributed by atoms with van der Waals surface area (Å²) in [5.74, 6) is 0.343. The highest BCUT2D eigenvalue weighted by Crippen LogP contribution is 2.24. The molecule has 2 heteroatoms. The molecule has 2 rings (SSSR count). The molecule has 0 aliphatic carbocycles. The molecule has 2 aromatic carbocycles. The molecule has 1 nitrogen and oxygen atoms in total. The molecule has 0 aliphatic rings. The second kappa shape index (κ2) is 5.67. The number of hydrogen-bond donors (Lipinski definition) is 1. The van der Waals surface area contributed by atoms with Crippen molar-refractivity contribution in [1.29, 1.82) is 0 Å². The average molecular weight is 230 g/mol. The lowest BCUT2D eigenvalue weighted by atomic mass is 10.2. The molecular formula is C14H15OP. The number of phenols is 1. The molecule has 0 saturated carbocycles. The number of hydrogen-bond acceptors (Lipinski definition) is 1. The zero-order chi connectivity index (χ0) is 11.2. The summed E-state index contributed by atoms with van der Waals surface area (Å²) in [6.07, 6.45) is 2.23. The zero-order valence-corrected chi connectivity index (χ0v) is 10.1. The van der Waals surface area contributed by atoms with Gasteiger partial charge in [0.05, 0.1) is 0 Å². The number of rotatable bonds is 4. The van der Waals surface area contributed by atoms with E-state index in [1.54, 1.807) is 12.1 Å². The Kier molecular flexibility index (Phi) is 3.96. The third kappa shape index (κ3) is 3.36. The number of benzene rings is 2. The first kappa shape index (κ1) is 11.2. The minimum Gasteiger partial charge on any atom is -0.508 e. The van der Waals surface area contributed by atoms with E-state index in [9.17, 15) is 0 Å². The summed E-state index contributed by atoms with van der Waals surface area (Å²) in [6, 6.07) is 18.0. The fourth-order valence-corrected chi connectivity index (χ4v) is 2.73. The van der Waals surface area contributed by atoms with E-state index in [1.807, 2.05) is 18.2 Å². The topological polar surface area (TPSA) is 20.2 Å². The van der Waals surface area contributed by atoms with E-state index in [-0.39, 0.29) is 0 Å². The first-order chi connectivity index (χ1) is 7.84.